The highest BCUT2D eigenvalue weighted by atomic mass is 31.2. The molecule has 9 nitrogen and oxygen atoms in total. The van der Waals surface area contributed by atoms with Crippen LogP contribution >= 0.6 is 7.82 Å². The lowest BCUT2D eigenvalue weighted by Crippen LogP contribution is -2.58. The molecule has 0 aromatic carbocycles. The molecule has 0 aliphatic rings. The Morgan fingerprint density at radius 2 is 1.67 bits per heavy atom. The number of unbranched alkanes of at least 4 members (excludes halogenated alkanes) is 2. The molecule has 0 aromatic heterocycles. The van der Waals surface area contributed by atoms with Crippen LogP contribution in [-0.4, -0.2) is 66.5 Å². The van der Waals surface area contributed by atoms with Crippen LogP contribution in [-0.2, 0) is 13.9 Å². The molecule has 4 atom stereocenters. The fraction of sp³-hybridized carbons (Fsp3) is 0.929. The van der Waals surface area contributed by atoms with Crippen molar-refractivity contribution in [2.45, 2.75) is 76.3 Å². The number of phosphoric ester groups is 1. The molecule has 10 heteroatoms. The maximum Gasteiger partial charge on any atom is 0.469 e. The summed E-state index contributed by atoms with van der Waals surface area (Å²) in [4.78, 5) is 29.4. The van der Waals surface area contributed by atoms with Crippen LogP contribution < -0.4 is 0 Å². The van der Waals surface area contributed by atoms with E-state index in [4.69, 9.17) is 9.79 Å². The first-order valence-corrected chi connectivity index (χ1v) is 9.52. The second-order valence-electron chi connectivity index (χ2n) is 5.84. The van der Waals surface area contributed by atoms with Crippen LogP contribution in [0.15, 0.2) is 0 Å². The molecule has 24 heavy (non-hydrogen) atoms. The standard InChI is InChI=1S/C14H29O9P/c1-3-5-7-11(16)14(19,8-6-4-2)13(18)12(17)10(15)9-23-24(20,21)22/h10,12-13,15,17-19H,3-9H2,1-2H3,(H2,20,21,22). The molecule has 0 spiro atoms. The van der Waals surface area contributed by atoms with Crippen LogP contribution in [0, 0.1) is 0 Å². The van der Waals surface area contributed by atoms with Crippen molar-refractivity contribution in [2.75, 3.05) is 6.61 Å². The first kappa shape index (κ1) is 23.6. The van der Waals surface area contributed by atoms with Crippen molar-refractivity contribution in [1.29, 1.82) is 0 Å². The van der Waals surface area contributed by atoms with Gasteiger partial charge in [0.15, 0.2) is 11.4 Å². The first-order valence-electron chi connectivity index (χ1n) is 7.99. The number of carbonyl (C=O) groups excluding carboxylic acids is 1. The summed E-state index contributed by atoms with van der Waals surface area (Å²) in [5.74, 6) is -0.646. The quantitative estimate of drug-likeness (QED) is 0.241. The minimum Gasteiger partial charge on any atom is -0.388 e. The van der Waals surface area contributed by atoms with Crippen LogP contribution in [0.25, 0.3) is 0 Å². The van der Waals surface area contributed by atoms with E-state index < -0.39 is 44.1 Å². The number of hydrogen-bond donors (Lipinski definition) is 6. The Labute approximate surface area is 141 Å². The summed E-state index contributed by atoms with van der Waals surface area (Å²) in [6, 6.07) is 0. The normalized spacial score (nSPS) is 18.7. The van der Waals surface area contributed by atoms with Gasteiger partial charge in [-0.05, 0) is 12.8 Å². The second-order valence-corrected chi connectivity index (χ2v) is 7.08. The van der Waals surface area contributed by atoms with Gasteiger partial charge >= 0.3 is 7.82 Å². The second kappa shape index (κ2) is 10.6. The molecule has 0 aliphatic heterocycles. The van der Waals surface area contributed by atoms with E-state index in [1.54, 1.807) is 0 Å². The van der Waals surface area contributed by atoms with E-state index in [0.717, 1.165) is 0 Å². The molecule has 0 amide bonds. The molecule has 144 valence electrons. The summed E-state index contributed by atoms with van der Waals surface area (Å²) in [5.41, 5.74) is -2.24. The minimum absolute atomic E-state index is 0.00950. The maximum absolute atomic E-state index is 12.3. The number of hydrogen-bond acceptors (Lipinski definition) is 7. The third kappa shape index (κ3) is 7.67. The fourth-order valence-corrected chi connectivity index (χ4v) is 2.56. The average molecular weight is 372 g/mol. The highest BCUT2D eigenvalue weighted by Crippen LogP contribution is 2.36. The summed E-state index contributed by atoms with van der Waals surface area (Å²) in [5, 5.41) is 40.4. The first-order chi connectivity index (χ1) is 11.0. The van der Waals surface area contributed by atoms with E-state index in [2.05, 4.69) is 4.52 Å². The SMILES string of the molecule is CCCCC(=O)C(O)(CCCC)C(O)C(O)C(O)COP(=O)(O)O. The zero-order valence-corrected chi connectivity index (χ0v) is 14.9. The van der Waals surface area contributed by atoms with Crippen LogP contribution in [0.1, 0.15) is 52.4 Å². The molecule has 6 N–H and O–H groups in total. The maximum atomic E-state index is 12.3. The number of Topliss-reactive ketones (excluding diaryl/α,β-unsaturated/α-hetero) is 1. The van der Waals surface area contributed by atoms with Gasteiger partial charge in [-0.1, -0.05) is 33.1 Å². The summed E-state index contributed by atoms with van der Waals surface area (Å²) >= 11 is 0. The number of aliphatic hydroxyl groups is 4. The summed E-state index contributed by atoms with van der Waals surface area (Å²) in [6.45, 7) is 2.71. The molecule has 0 saturated carbocycles. The third-order valence-corrected chi connectivity index (χ3v) is 4.26. The van der Waals surface area contributed by atoms with Gasteiger partial charge in [0.2, 0.25) is 0 Å². The Kier molecular flexibility index (Phi) is 10.4. The Balaban J connectivity index is 5.09. The van der Waals surface area contributed by atoms with Crippen molar-refractivity contribution >= 4 is 13.6 Å². The molecule has 0 fully saturated rings. The zero-order chi connectivity index (χ0) is 19.0. The van der Waals surface area contributed by atoms with Crippen LogP contribution in [0.4, 0.5) is 0 Å². The van der Waals surface area contributed by atoms with Crippen LogP contribution in [0.3, 0.4) is 0 Å². The van der Waals surface area contributed by atoms with Gasteiger partial charge in [-0.15, -0.1) is 0 Å². The fourth-order valence-electron chi connectivity index (χ4n) is 2.22. The topological polar surface area (TPSA) is 165 Å². The van der Waals surface area contributed by atoms with E-state index in [-0.39, 0.29) is 12.8 Å². The Morgan fingerprint density at radius 1 is 1.12 bits per heavy atom. The van der Waals surface area contributed by atoms with Crippen molar-refractivity contribution < 1.29 is 44.1 Å². The lowest BCUT2D eigenvalue weighted by molar-refractivity contribution is -0.176. The number of aliphatic hydroxyl groups excluding tert-OH is 3. The molecular weight excluding hydrogens is 343 g/mol. The van der Waals surface area contributed by atoms with Gasteiger partial charge in [-0.25, -0.2) is 4.57 Å². The Bertz CT molecular complexity index is 424. The number of phosphoric acid groups is 1. The molecule has 0 radical (unpaired) electrons. The average Bonchev–Trinajstić information content (AvgIpc) is 2.52. The van der Waals surface area contributed by atoms with Gasteiger partial charge in [0, 0.05) is 6.42 Å². The van der Waals surface area contributed by atoms with Gasteiger partial charge < -0.3 is 30.2 Å². The predicted molar refractivity (Wildman–Crippen MR) is 85.0 cm³/mol. The molecule has 0 rings (SSSR count). The number of rotatable bonds is 13. The van der Waals surface area contributed by atoms with Crippen molar-refractivity contribution in [2.24, 2.45) is 0 Å². The highest BCUT2D eigenvalue weighted by molar-refractivity contribution is 7.46. The van der Waals surface area contributed by atoms with Gasteiger partial charge in [-0.2, -0.15) is 0 Å². The van der Waals surface area contributed by atoms with E-state index in [9.17, 15) is 29.8 Å². The Morgan fingerprint density at radius 3 is 2.12 bits per heavy atom. The third-order valence-electron chi connectivity index (χ3n) is 3.77. The summed E-state index contributed by atoms with van der Waals surface area (Å²) in [7, 11) is -4.86. The van der Waals surface area contributed by atoms with Crippen LogP contribution in [0.2, 0.25) is 0 Å². The van der Waals surface area contributed by atoms with Gasteiger partial charge in [0.05, 0.1) is 6.61 Å². The smallest absolute Gasteiger partial charge is 0.388 e. The van der Waals surface area contributed by atoms with E-state index in [1.807, 2.05) is 13.8 Å². The molecule has 0 saturated heterocycles. The van der Waals surface area contributed by atoms with Gasteiger partial charge in [-0.3, -0.25) is 9.32 Å². The molecule has 0 aromatic rings. The monoisotopic (exact) mass is 372 g/mol. The molecule has 4 unspecified atom stereocenters. The van der Waals surface area contributed by atoms with Crippen molar-refractivity contribution in [1.82, 2.24) is 0 Å². The largest absolute Gasteiger partial charge is 0.469 e. The summed E-state index contributed by atoms with van der Waals surface area (Å²) < 4.78 is 14.7. The Hall–Kier alpha value is -0.380. The van der Waals surface area contributed by atoms with Crippen molar-refractivity contribution in [3.05, 3.63) is 0 Å². The number of ketones is 1. The van der Waals surface area contributed by atoms with Crippen LogP contribution in [0.5, 0.6) is 0 Å². The molecular formula is C14H29O9P. The molecule has 0 aliphatic carbocycles. The van der Waals surface area contributed by atoms with E-state index in [1.165, 1.54) is 0 Å². The molecule has 0 heterocycles. The highest BCUT2D eigenvalue weighted by Gasteiger charge is 2.47. The van der Waals surface area contributed by atoms with Crippen molar-refractivity contribution in [3.63, 3.8) is 0 Å². The van der Waals surface area contributed by atoms with E-state index >= 15 is 0 Å². The lowest BCUT2D eigenvalue weighted by atomic mass is 9.81. The van der Waals surface area contributed by atoms with E-state index in [0.29, 0.717) is 25.7 Å². The zero-order valence-electron chi connectivity index (χ0n) is 14.0. The van der Waals surface area contributed by atoms with Gasteiger partial charge in [0.1, 0.15) is 18.3 Å². The molecule has 0 bridgehead atoms. The van der Waals surface area contributed by atoms with Gasteiger partial charge in [0.25, 0.3) is 0 Å². The number of carbonyl (C=O) groups is 1. The van der Waals surface area contributed by atoms with Crippen molar-refractivity contribution in [3.8, 4) is 0 Å². The minimum atomic E-state index is -4.86. The lowest BCUT2D eigenvalue weighted by Gasteiger charge is -2.36. The predicted octanol–water partition coefficient (Wildman–Crippen LogP) is -0.141. The summed E-state index contributed by atoms with van der Waals surface area (Å²) in [6.07, 6.45) is -3.75.